The lowest BCUT2D eigenvalue weighted by Gasteiger charge is -2.34. The number of hydrogen-bond acceptors (Lipinski definition) is 7. The minimum atomic E-state index is -3.99. The summed E-state index contributed by atoms with van der Waals surface area (Å²) in [7, 11) is -5.57. The van der Waals surface area contributed by atoms with E-state index in [1.807, 2.05) is 0 Å². The number of sulfonamides is 1. The number of amides is 1. The summed E-state index contributed by atoms with van der Waals surface area (Å²) in [5, 5.41) is 10.9. The van der Waals surface area contributed by atoms with Gasteiger partial charge in [0.25, 0.3) is 5.69 Å². The molecule has 0 saturated carbocycles. The van der Waals surface area contributed by atoms with Gasteiger partial charge in [0.2, 0.25) is 15.9 Å². The summed E-state index contributed by atoms with van der Waals surface area (Å²) in [5.41, 5.74) is -0.321. The number of carbonyl (C=O) groups is 1. The zero-order chi connectivity index (χ0) is 21.4. The Hall–Kier alpha value is -2.05. The average molecular weight is 446 g/mol. The van der Waals surface area contributed by atoms with Gasteiger partial charge in [-0.05, 0) is 25.3 Å². The van der Waals surface area contributed by atoms with Gasteiger partial charge in [0.05, 0.1) is 27.2 Å². The molecule has 1 aromatic carbocycles. The number of nitro groups is 1. The minimum Gasteiger partial charge on any atom is -0.341 e. The summed E-state index contributed by atoms with van der Waals surface area (Å²) in [6, 6.07) is 4.44. The first kappa shape index (κ1) is 21.7. The highest BCUT2D eigenvalue weighted by molar-refractivity contribution is 7.91. The van der Waals surface area contributed by atoms with E-state index in [4.69, 9.17) is 0 Å². The van der Waals surface area contributed by atoms with Crippen LogP contribution in [0, 0.1) is 16.0 Å². The summed E-state index contributed by atoms with van der Waals surface area (Å²) < 4.78 is 50.4. The number of carbonyl (C=O) groups excluding carboxylic acids is 1. The maximum absolute atomic E-state index is 12.9. The van der Waals surface area contributed by atoms with E-state index < -0.39 is 36.7 Å². The SMILES string of the molecule is CN(C(=O)[C@@H]1CCCN(S(=O)(=O)c2cccc([N+](=O)[O-])c2)C1)[C@H]1CCS(=O)(=O)C1. The van der Waals surface area contributed by atoms with Crippen molar-refractivity contribution in [3.8, 4) is 0 Å². The summed E-state index contributed by atoms with van der Waals surface area (Å²) in [5.74, 6) is -0.873. The van der Waals surface area contributed by atoms with E-state index in [9.17, 15) is 31.7 Å². The van der Waals surface area contributed by atoms with Crippen LogP contribution in [0.2, 0.25) is 0 Å². The van der Waals surface area contributed by atoms with Crippen molar-refractivity contribution in [3.05, 3.63) is 34.4 Å². The molecule has 2 heterocycles. The number of hydrogen-bond donors (Lipinski definition) is 0. The molecule has 2 saturated heterocycles. The molecular weight excluding hydrogens is 422 g/mol. The Morgan fingerprint density at radius 2 is 2.03 bits per heavy atom. The molecule has 3 rings (SSSR count). The number of non-ortho nitro benzene ring substituents is 1. The van der Waals surface area contributed by atoms with Gasteiger partial charge in [-0.25, -0.2) is 16.8 Å². The lowest BCUT2D eigenvalue weighted by Crippen LogP contribution is -2.48. The fraction of sp³-hybridized carbons (Fsp3) is 0.588. The Labute approximate surface area is 169 Å². The third-order valence-electron chi connectivity index (χ3n) is 5.50. The first-order valence-electron chi connectivity index (χ1n) is 9.23. The standard InChI is InChI=1S/C17H23N3O7S2/c1-18(15-7-9-28(24,25)12-15)17(21)13-4-3-8-19(11-13)29(26,27)16-6-2-5-14(10-16)20(22)23/h2,5-6,10,13,15H,3-4,7-9,11-12H2,1H3/t13-,15+/m1/s1. The average Bonchev–Trinajstić information content (AvgIpc) is 3.06. The maximum Gasteiger partial charge on any atom is 0.270 e. The normalized spacial score (nSPS) is 24.9. The molecule has 2 fully saturated rings. The van der Waals surface area contributed by atoms with Crippen LogP contribution in [-0.2, 0) is 24.7 Å². The summed E-state index contributed by atoms with van der Waals surface area (Å²) in [6.07, 6.45) is 1.36. The molecule has 2 aliphatic heterocycles. The quantitative estimate of drug-likeness (QED) is 0.479. The fourth-order valence-corrected chi connectivity index (χ4v) is 7.16. The molecule has 29 heavy (non-hydrogen) atoms. The van der Waals surface area contributed by atoms with Crippen LogP contribution >= 0.6 is 0 Å². The smallest absolute Gasteiger partial charge is 0.270 e. The Kier molecular flexibility index (Phi) is 5.97. The van der Waals surface area contributed by atoms with E-state index in [1.54, 1.807) is 7.05 Å². The van der Waals surface area contributed by atoms with Crippen LogP contribution in [0.3, 0.4) is 0 Å². The predicted octanol–water partition coefficient (Wildman–Crippen LogP) is 0.641. The first-order chi connectivity index (χ1) is 13.5. The monoisotopic (exact) mass is 445 g/mol. The molecular formula is C17H23N3O7S2. The zero-order valence-corrected chi connectivity index (χ0v) is 17.6. The topological polar surface area (TPSA) is 135 Å². The van der Waals surface area contributed by atoms with Crippen molar-refractivity contribution < 1.29 is 26.6 Å². The van der Waals surface area contributed by atoms with E-state index in [0.717, 1.165) is 6.07 Å². The van der Waals surface area contributed by atoms with Gasteiger partial charge in [-0.2, -0.15) is 4.31 Å². The zero-order valence-electron chi connectivity index (χ0n) is 15.9. The van der Waals surface area contributed by atoms with Gasteiger partial charge < -0.3 is 4.90 Å². The number of benzene rings is 1. The number of rotatable bonds is 5. The molecule has 1 amide bonds. The van der Waals surface area contributed by atoms with Crippen molar-refractivity contribution in [2.45, 2.75) is 30.2 Å². The van der Waals surface area contributed by atoms with Crippen LogP contribution in [0.5, 0.6) is 0 Å². The number of sulfone groups is 1. The predicted molar refractivity (Wildman–Crippen MR) is 104 cm³/mol. The molecule has 2 atom stereocenters. The van der Waals surface area contributed by atoms with Crippen molar-refractivity contribution in [3.63, 3.8) is 0 Å². The van der Waals surface area contributed by atoms with Crippen molar-refractivity contribution in [2.24, 2.45) is 5.92 Å². The molecule has 0 radical (unpaired) electrons. The molecule has 0 aromatic heterocycles. The maximum atomic E-state index is 12.9. The Morgan fingerprint density at radius 1 is 1.31 bits per heavy atom. The largest absolute Gasteiger partial charge is 0.341 e. The highest BCUT2D eigenvalue weighted by Crippen LogP contribution is 2.28. The summed E-state index contributed by atoms with van der Waals surface area (Å²) in [4.78, 5) is 24.4. The van der Waals surface area contributed by atoms with E-state index in [0.29, 0.717) is 19.3 Å². The number of nitro benzene ring substituents is 1. The lowest BCUT2D eigenvalue weighted by atomic mass is 9.97. The van der Waals surface area contributed by atoms with Gasteiger partial charge in [0.1, 0.15) is 0 Å². The molecule has 0 N–H and O–H groups in total. The Morgan fingerprint density at radius 3 is 2.66 bits per heavy atom. The second-order valence-electron chi connectivity index (χ2n) is 7.46. The van der Waals surface area contributed by atoms with E-state index >= 15 is 0 Å². The molecule has 0 unspecified atom stereocenters. The molecule has 1 aromatic rings. The van der Waals surface area contributed by atoms with Crippen molar-refractivity contribution in [1.82, 2.24) is 9.21 Å². The van der Waals surface area contributed by atoms with Crippen LogP contribution in [0.15, 0.2) is 29.2 Å². The molecule has 2 aliphatic rings. The summed E-state index contributed by atoms with van der Waals surface area (Å²) >= 11 is 0. The Balaban J connectivity index is 1.75. The molecule has 0 bridgehead atoms. The number of nitrogens with zero attached hydrogens (tertiary/aromatic N) is 3. The van der Waals surface area contributed by atoms with Crippen LogP contribution in [0.1, 0.15) is 19.3 Å². The number of piperidine rings is 1. The molecule has 160 valence electrons. The van der Waals surface area contributed by atoms with E-state index in [2.05, 4.69) is 0 Å². The molecule has 10 nitrogen and oxygen atoms in total. The molecule has 0 aliphatic carbocycles. The second-order valence-corrected chi connectivity index (χ2v) is 11.6. The van der Waals surface area contributed by atoms with Gasteiger partial charge in [-0.3, -0.25) is 14.9 Å². The third-order valence-corrected chi connectivity index (χ3v) is 9.11. The first-order valence-corrected chi connectivity index (χ1v) is 12.5. The van der Waals surface area contributed by atoms with Crippen LogP contribution in [-0.4, -0.2) is 74.6 Å². The highest BCUT2D eigenvalue weighted by Gasteiger charge is 2.38. The fourth-order valence-electron chi connectivity index (χ4n) is 3.82. The Bertz CT molecular complexity index is 1020. The minimum absolute atomic E-state index is 0.0341. The van der Waals surface area contributed by atoms with Gasteiger partial charge in [-0.15, -0.1) is 0 Å². The summed E-state index contributed by atoms with van der Waals surface area (Å²) in [6.45, 7) is 0.185. The third kappa shape index (κ3) is 4.59. The van der Waals surface area contributed by atoms with Gasteiger partial charge >= 0.3 is 0 Å². The highest BCUT2D eigenvalue weighted by atomic mass is 32.2. The van der Waals surface area contributed by atoms with Gasteiger partial charge in [-0.1, -0.05) is 6.07 Å². The van der Waals surface area contributed by atoms with Crippen molar-refractivity contribution >= 4 is 31.5 Å². The van der Waals surface area contributed by atoms with Crippen molar-refractivity contribution in [1.29, 1.82) is 0 Å². The van der Waals surface area contributed by atoms with Crippen molar-refractivity contribution in [2.75, 3.05) is 31.6 Å². The van der Waals surface area contributed by atoms with E-state index in [1.165, 1.54) is 27.4 Å². The van der Waals surface area contributed by atoms with Gasteiger partial charge in [0, 0.05) is 38.3 Å². The molecule has 0 spiro atoms. The van der Waals surface area contributed by atoms with Crippen LogP contribution < -0.4 is 0 Å². The molecule has 12 heteroatoms. The van der Waals surface area contributed by atoms with Crippen LogP contribution in [0.4, 0.5) is 5.69 Å². The second kappa shape index (κ2) is 8.00. The van der Waals surface area contributed by atoms with Crippen LogP contribution in [0.25, 0.3) is 0 Å². The van der Waals surface area contributed by atoms with Gasteiger partial charge in [0.15, 0.2) is 9.84 Å². The lowest BCUT2D eigenvalue weighted by molar-refractivity contribution is -0.385. The van der Waals surface area contributed by atoms with E-state index in [-0.39, 0.29) is 41.1 Å².